The number of nitrogens with zero attached hydrogens (tertiary/aromatic N) is 1. The first-order valence-corrected chi connectivity index (χ1v) is 6.64. The van der Waals surface area contributed by atoms with Crippen molar-refractivity contribution in [2.45, 2.75) is 43.6 Å². The number of H-pyrrole nitrogens is 1. The molecule has 100 valence electrons. The van der Waals surface area contributed by atoms with Crippen LogP contribution in [0.2, 0.25) is 0 Å². The molecule has 1 amide bonds. The molecule has 1 heterocycles. The number of hydrogen-bond acceptors (Lipinski definition) is 5. The number of carbonyl (C=O) groups is 1. The van der Waals surface area contributed by atoms with Crippen LogP contribution in [0, 0.1) is 0 Å². The number of aromatic nitrogens is 2. The van der Waals surface area contributed by atoms with Gasteiger partial charge in [-0.15, -0.1) is 0 Å². The highest BCUT2D eigenvalue weighted by atomic mass is 32.2. The van der Waals surface area contributed by atoms with E-state index >= 15 is 0 Å². The molecule has 0 aliphatic rings. The van der Waals surface area contributed by atoms with Gasteiger partial charge in [-0.1, -0.05) is 18.7 Å². The summed E-state index contributed by atoms with van der Waals surface area (Å²) in [5.74, 6) is 0.0650. The van der Waals surface area contributed by atoms with E-state index in [2.05, 4.69) is 15.3 Å². The minimum Gasteiger partial charge on any atom is -0.383 e. The van der Waals surface area contributed by atoms with E-state index in [0.717, 1.165) is 6.42 Å². The first-order chi connectivity index (χ1) is 8.42. The third-order valence-electron chi connectivity index (χ3n) is 2.40. The number of nitrogens with two attached hydrogens (primary N) is 1. The molecule has 0 aromatic carbocycles. The Morgan fingerprint density at radius 3 is 2.83 bits per heavy atom. The maximum atomic E-state index is 11.8. The van der Waals surface area contributed by atoms with Crippen LogP contribution < -0.4 is 16.6 Å². The fraction of sp³-hybridized carbons (Fsp3) is 0.545. The topological polar surface area (TPSA) is 101 Å². The van der Waals surface area contributed by atoms with Gasteiger partial charge in [-0.25, -0.2) is 4.98 Å². The fourth-order valence-electron chi connectivity index (χ4n) is 1.19. The van der Waals surface area contributed by atoms with Crippen molar-refractivity contribution >= 4 is 23.5 Å². The Kier molecular flexibility index (Phi) is 5.21. The number of thioether (sulfide) groups is 1. The lowest BCUT2D eigenvalue weighted by atomic mass is 10.2. The van der Waals surface area contributed by atoms with Crippen molar-refractivity contribution in [1.82, 2.24) is 15.3 Å². The second kappa shape index (κ2) is 6.44. The molecule has 0 aliphatic carbocycles. The summed E-state index contributed by atoms with van der Waals surface area (Å²) >= 11 is 1.17. The van der Waals surface area contributed by atoms with Crippen LogP contribution in [0.25, 0.3) is 0 Å². The molecule has 0 aliphatic heterocycles. The van der Waals surface area contributed by atoms with Crippen LogP contribution in [0.3, 0.4) is 0 Å². The quantitative estimate of drug-likeness (QED) is 0.541. The van der Waals surface area contributed by atoms with Gasteiger partial charge in [0.05, 0.1) is 5.25 Å². The van der Waals surface area contributed by atoms with E-state index in [1.54, 1.807) is 6.92 Å². The first-order valence-electron chi connectivity index (χ1n) is 5.76. The minimum atomic E-state index is -0.344. The number of hydrogen-bond donors (Lipinski definition) is 3. The molecule has 1 aromatic heterocycles. The lowest BCUT2D eigenvalue weighted by molar-refractivity contribution is -0.120. The molecule has 7 heteroatoms. The van der Waals surface area contributed by atoms with Crippen LogP contribution in [0.1, 0.15) is 27.2 Å². The summed E-state index contributed by atoms with van der Waals surface area (Å²) in [5.41, 5.74) is 5.15. The van der Waals surface area contributed by atoms with E-state index in [1.807, 2.05) is 13.8 Å². The molecule has 0 saturated heterocycles. The van der Waals surface area contributed by atoms with E-state index in [-0.39, 0.29) is 28.6 Å². The van der Waals surface area contributed by atoms with Crippen molar-refractivity contribution in [3.8, 4) is 0 Å². The van der Waals surface area contributed by atoms with Crippen LogP contribution >= 0.6 is 11.8 Å². The molecule has 1 rings (SSSR count). The Labute approximate surface area is 110 Å². The van der Waals surface area contributed by atoms with Gasteiger partial charge in [-0.05, 0) is 20.3 Å². The monoisotopic (exact) mass is 270 g/mol. The molecule has 0 fully saturated rings. The third kappa shape index (κ3) is 4.40. The molecule has 18 heavy (non-hydrogen) atoms. The maximum Gasteiger partial charge on any atom is 0.253 e. The van der Waals surface area contributed by atoms with Gasteiger partial charge >= 0.3 is 0 Å². The summed E-state index contributed by atoms with van der Waals surface area (Å²) in [6.07, 6.45) is 0.872. The van der Waals surface area contributed by atoms with Crippen LogP contribution in [-0.2, 0) is 4.79 Å². The van der Waals surface area contributed by atoms with Crippen LogP contribution in [0.15, 0.2) is 16.0 Å². The third-order valence-corrected chi connectivity index (χ3v) is 3.38. The fourth-order valence-corrected chi connectivity index (χ4v) is 2.02. The number of nitrogens with one attached hydrogen (secondary N) is 2. The average Bonchev–Trinajstić information content (AvgIpc) is 2.27. The Morgan fingerprint density at radius 2 is 2.28 bits per heavy atom. The van der Waals surface area contributed by atoms with Crippen molar-refractivity contribution in [3.63, 3.8) is 0 Å². The summed E-state index contributed by atoms with van der Waals surface area (Å²) in [6, 6.07) is 1.34. The molecule has 4 N–H and O–H groups in total. The lowest BCUT2D eigenvalue weighted by Gasteiger charge is -2.15. The molecule has 1 aromatic rings. The normalized spacial score (nSPS) is 13.9. The van der Waals surface area contributed by atoms with Gasteiger partial charge in [0, 0.05) is 12.1 Å². The van der Waals surface area contributed by atoms with Gasteiger partial charge in [0.15, 0.2) is 5.16 Å². The van der Waals surface area contributed by atoms with Crippen molar-refractivity contribution in [3.05, 3.63) is 16.4 Å². The molecule has 0 spiro atoms. The Balaban J connectivity index is 2.66. The predicted octanol–water partition coefficient (Wildman–Crippen LogP) is 0.747. The zero-order valence-corrected chi connectivity index (χ0v) is 11.5. The largest absolute Gasteiger partial charge is 0.383 e. The minimum absolute atomic E-state index is 0.0839. The standard InChI is InChI=1S/C11H18N4O2S/c1-4-6(2)13-10(17)7(3)18-11-14-8(12)5-9(16)15-11/h5-7H,4H2,1-3H3,(H,13,17)(H3,12,14,15,16). The average molecular weight is 270 g/mol. The maximum absolute atomic E-state index is 11.8. The summed E-state index contributed by atoms with van der Waals surface area (Å²) in [4.78, 5) is 29.5. The molecular weight excluding hydrogens is 252 g/mol. The van der Waals surface area contributed by atoms with E-state index in [4.69, 9.17) is 5.73 Å². The second-order valence-corrected chi connectivity index (χ2v) is 5.38. The van der Waals surface area contributed by atoms with Gasteiger partial charge in [0.2, 0.25) is 5.91 Å². The molecule has 0 bridgehead atoms. The number of rotatable bonds is 5. The van der Waals surface area contributed by atoms with Gasteiger partial charge in [0.1, 0.15) is 5.82 Å². The summed E-state index contributed by atoms with van der Waals surface area (Å²) < 4.78 is 0. The lowest BCUT2D eigenvalue weighted by Crippen LogP contribution is -2.37. The van der Waals surface area contributed by atoms with E-state index < -0.39 is 0 Å². The molecule has 0 radical (unpaired) electrons. The number of aromatic amines is 1. The highest BCUT2D eigenvalue weighted by Crippen LogP contribution is 2.18. The van der Waals surface area contributed by atoms with Crippen LogP contribution in [-0.4, -0.2) is 27.2 Å². The van der Waals surface area contributed by atoms with Crippen LogP contribution in [0.5, 0.6) is 0 Å². The number of amides is 1. The highest BCUT2D eigenvalue weighted by molar-refractivity contribution is 8.00. The van der Waals surface area contributed by atoms with E-state index in [1.165, 1.54) is 17.8 Å². The SMILES string of the molecule is CCC(C)NC(=O)C(C)Sc1nc(N)cc(=O)[nH]1. The number of anilines is 1. The molecule has 2 atom stereocenters. The van der Waals surface area contributed by atoms with E-state index in [0.29, 0.717) is 5.16 Å². The zero-order chi connectivity index (χ0) is 13.7. The Bertz CT molecular complexity index is 474. The number of nitrogen functional groups attached to an aromatic ring is 1. The smallest absolute Gasteiger partial charge is 0.253 e. The van der Waals surface area contributed by atoms with Crippen molar-refractivity contribution in [1.29, 1.82) is 0 Å². The van der Waals surface area contributed by atoms with Gasteiger partial charge in [-0.3, -0.25) is 9.59 Å². The highest BCUT2D eigenvalue weighted by Gasteiger charge is 2.17. The summed E-state index contributed by atoms with van der Waals surface area (Å²) in [6.45, 7) is 5.70. The van der Waals surface area contributed by atoms with Crippen molar-refractivity contribution in [2.24, 2.45) is 0 Å². The van der Waals surface area contributed by atoms with Gasteiger partial charge < -0.3 is 16.0 Å². The first kappa shape index (κ1) is 14.6. The Morgan fingerprint density at radius 1 is 1.61 bits per heavy atom. The Hall–Kier alpha value is -1.50. The summed E-state index contributed by atoms with van der Waals surface area (Å²) in [7, 11) is 0. The van der Waals surface area contributed by atoms with E-state index in [9.17, 15) is 9.59 Å². The molecule has 0 saturated carbocycles. The molecular formula is C11H18N4O2S. The molecule has 6 nitrogen and oxygen atoms in total. The zero-order valence-electron chi connectivity index (χ0n) is 10.7. The summed E-state index contributed by atoms with van der Waals surface area (Å²) in [5, 5.41) is 2.88. The number of carbonyl (C=O) groups excluding carboxylic acids is 1. The molecule has 2 unspecified atom stereocenters. The second-order valence-electron chi connectivity index (χ2n) is 4.05. The van der Waals surface area contributed by atoms with Gasteiger partial charge in [0.25, 0.3) is 5.56 Å². The van der Waals surface area contributed by atoms with Crippen LogP contribution in [0.4, 0.5) is 5.82 Å². The van der Waals surface area contributed by atoms with Gasteiger partial charge in [-0.2, -0.15) is 0 Å². The van der Waals surface area contributed by atoms with Crippen molar-refractivity contribution < 1.29 is 4.79 Å². The predicted molar refractivity (Wildman–Crippen MR) is 72.5 cm³/mol. The van der Waals surface area contributed by atoms with Crippen molar-refractivity contribution in [2.75, 3.05) is 5.73 Å².